The second-order valence-electron chi connectivity index (χ2n) is 6.13. The van der Waals surface area contributed by atoms with Crippen LogP contribution in [0.25, 0.3) is 0 Å². The Balaban J connectivity index is 1.97. The number of ketones is 1. The molecule has 2 aromatic rings. The summed E-state index contributed by atoms with van der Waals surface area (Å²) in [6, 6.07) is 9.42. The molecule has 0 saturated carbocycles. The fourth-order valence-corrected chi connectivity index (χ4v) is 2.63. The monoisotopic (exact) mass is 343 g/mol. The van der Waals surface area contributed by atoms with Gasteiger partial charge in [-0.1, -0.05) is 17.7 Å². The normalized spacial score (nSPS) is 10.7. The van der Waals surface area contributed by atoms with Gasteiger partial charge in [-0.15, -0.1) is 0 Å². The van der Waals surface area contributed by atoms with E-state index >= 15 is 0 Å². The Labute approximate surface area is 148 Å². The quantitative estimate of drug-likeness (QED) is 0.654. The van der Waals surface area contributed by atoms with Crippen LogP contribution in [-0.4, -0.2) is 36.9 Å². The SMILES string of the molecule is COCCN(Cc1ccco1)C(=O)CCC(=O)c1cc(C)ccc1C. The summed E-state index contributed by atoms with van der Waals surface area (Å²) in [6.07, 6.45) is 1.96. The number of hydrogen-bond acceptors (Lipinski definition) is 4. The van der Waals surface area contributed by atoms with Crippen molar-refractivity contribution >= 4 is 11.7 Å². The zero-order valence-electron chi connectivity index (χ0n) is 15.1. The second kappa shape index (κ2) is 9.18. The summed E-state index contributed by atoms with van der Waals surface area (Å²) < 4.78 is 10.4. The van der Waals surface area contributed by atoms with Crippen molar-refractivity contribution in [3.63, 3.8) is 0 Å². The average Bonchev–Trinajstić information content (AvgIpc) is 3.11. The van der Waals surface area contributed by atoms with E-state index in [1.165, 1.54) is 0 Å². The molecule has 0 aliphatic heterocycles. The largest absolute Gasteiger partial charge is 0.467 e. The van der Waals surface area contributed by atoms with Crippen molar-refractivity contribution in [1.82, 2.24) is 4.90 Å². The number of nitrogens with zero attached hydrogens (tertiary/aromatic N) is 1. The van der Waals surface area contributed by atoms with Crippen LogP contribution in [0.2, 0.25) is 0 Å². The molecular weight excluding hydrogens is 318 g/mol. The average molecular weight is 343 g/mol. The van der Waals surface area contributed by atoms with Crippen molar-refractivity contribution in [3.05, 3.63) is 59.0 Å². The van der Waals surface area contributed by atoms with Gasteiger partial charge in [-0.2, -0.15) is 0 Å². The van der Waals surface area contributed by atoms with E-state index in [0.717, 1.165) is 11.1 Å². The van der Waals surface area contributed by atoms with Crippen LogP contribution in [-0.2, 0) is 16.1 Å². The van der Waals surface area contributed by atoms with Gasteiger partial charge in [0.05, 0.1) is 19.4 Å². The highest BCUT2D eigenvalue weighted by molar-refractivity contribution is 5.99. The zero-order chi connectivity index (χ0) is 18.2. The molecule has 1 heterocycles. The van der Waals surface area contributed by atoms with E-state index in [1.807, 2.05) is 38.1 Å². The van der Waals surface area contributed by atoms with E-state index < -0.39 is 0 Å². The van der Waals surface area contributed by atoms with Crippen LogP contribution in [0.5, 0.6) is 0 Å². The Morgan fingerprint density at radius 2 is 1.96 bits per heavy atom. The highest BCUT2D eigenvalue weighted by atomic mass is 16.5. The molecule has 0 N–H and O–H groups in total. The Morgan fingerprint density at radius 3 is 2.64 bits per heavy atom. The molecule has 2 rings (SSSR count). The zero-order valence-corrected chi connectivity index (χ0v) is 15.1. The Hall–Kier alpha value is -2.40. The molecular formula is C20H25NO4. The van der Waals surface area contributed by atoms with Crippen molar-refractivity contribution in [2.24, 2.45) is 0 Å². The molecule has 0 aliphatic rings. The van der Waals surface area contributed by atoms with E-state index in [-0.39, 0.29) is 24.5 Å². The van der Waals surface area contributed by atoms with E-state index in [2.05, 4.69) is 0 Å². The van der Waals surface area contributed by atoms with Gasteiger partial charge in [-0.3, -0.25) is 9.59 Å². The predicted molar refractivity (Wildman–Crippen MR) is 95.5 cm³/mol. The van der Waals surface area contributed by atoms with Crippen molar-refractivity contribution in [3.8, 4) is 0 Å². The Bertz CT molecular complexity index is 706. The number of carbonyl (C=O) groups excluding carboxylic acids is 2. The highest BCUT2D eigenvalue weighted by Gasteiger charge is 2.18. The molecule has 0 spiro atoms. The van der Waals surface area contributed by atoms with Crippen LogP contribution < -0.4 is 0 Å². The molecule has 0 bridgehead atoms. The van der Waals surface area contributed by atoms with Gasteiger partial charge in [-0.05, 0) is 37.6 Å². The van der Waals surface area contributed by atoms with Crippen molar-refractivity contribution in [2.45, 2.75) is 33.2 Å². The van der Waals surface area contributed by atoms with Crippen LogP contribution in [0.4, 0.5) is 0 Å². The van der Waals surface area contributed by atoms with Crippen LogP contribution in [0.15, 0.2) is 41.0 Å². The predicted octanol–water partition coefficient (Wildman–Crippen LogP) is 3.53. The lowest BCUT2D eigenvalue weighted by Crippen LogP contribution is -2.33. The molecule has 134 valence electrons. The molecule has 0 atom stereocenters. The maximum Gasteiger partial charge on any atom is 0.223 e. The summed E-state index contributed by atoms with van der Waals surface area (Å²) in [4.78, 5) is 26.7. The molecule has 1 amide bonds. The maximum absolute atomic E-state index is 12.5. The van der Waals surface area contributed by atoms with E-state index in [0.29, 0.717) is 31.0 Å². The molecule has 1 aromatic heterocycles. The fourth-order valence-electron chi connectivity index (χ4n) is 2.63. The number of ether oxygens (including phenoxy) is 1. The number of furan rings is 1. The molecule has 0 saturated heterocycles. The molecule has 0 fully saturated rings. The molecule has 5 heteroatoms. The first-order chi connectivity index (χ1) is 12.0. The Morgan fingerprint density at radius 1 is 1.16 bits per heavy atom. The van der Waals surface area contributed by atoms with E-state index in [9.17, 15) is 9.59 Å². The van der Waals surface area contributed by atoms with Crippen LogP contribution in [0, 0.1) is 13.8 Å². The van der Waals surface area contributed by atoms with Crippen molar-refractivity contribution in [1.29, 1.82) is 0 Å². The third-order valence-corrected chi connectivity index (χ3v) is 4.10. The molecule has 5 nitrogen and oxygen atoms in total. The number of rotatable bonds is 9. The van der Waals surface area contributed by atoms with Gasteiger partial charge in [0.2, 0.25) is 5.91 Å². The minimum atomic E-state index is -0.0768. The van der Waals surface area contributed by atoms with Gasteiger partial charge in [-0.25, -0.2) is 0 Å². The highest BCUT2D eigenvalue weighted by Crippen LogP contribution is 2.15. The molecule has 0 radical (unpaired) electrons. The number of amides is 1. The summed E-state index contributed by atoms with van der Waals surface area (Å²) >= 11 is 0. The summed E-state index contributed by atoms with van der Waals surface area (Å²) in [5.74, 6) is 0.636. The lowest BCUT2D eigenvalue weighted by atomic mass is 9.99. The van der Waals surface area contributed by atoms with Crippen LogP contribution in [0.3, 0.4) is 0 Å². The maximum atomic E-state index is 12.5. The van der Waals surface area contributed by atoms with Gasteiger partial charge in [0.25, 0.3) is 0 Å². The summed E-state index contributed by atoms with van der Waals surface area (Å²) in [5.41, 5.74) is 2.68. The third kappa shape index (κ3) is 5.57. The minimum absolute atomic E-state index is 0.000704. The Kier molecular flexibility index (Phi) is 6.95. The standard InChI is InChI=1S/C20H25NO4/c1-15-6-7-16(2)18(13-15)19(22)8-9-20(23)21(10-12-24-3)14-17-5-4-11-25-17/h4-7,11,13H,8-10,12,14H2,1-3H3. The van der Waals surface area contributed by atoms with Crippen LogP contribution >= 0.6 is 0 Å². The summed E-state index contributed by atoms with van der Waals surface area (Å²) in [7, 11) is 1.60. The van der Waals surface area contributed by atoms with Crippen molar-refractivity contribution in [2.75, 3.05) is 20.3 Å². The fraction of sp³-hybridized carbons (Fsp3) is 0.400. The molecule has 0 unspecified atom stereocenters. The lowest BCUT2D eigenvalue weighted by molar-refractivity contribution is -0.132. The molecule has 25 heavy (non-hydrogen) atoms. The minimum Gasteiger partial charge on any atom is -0.467 e. The van der Waals surface area contributed by atoms with Gasteiger partial charge in [0.15, 0.2) is 5.78 Å². The third-order valence-electron chi connectivity index (χ3n) is 4.10. The van der Waals surface area contributed by atoms with Gasteiger partial charge in [0, 0.05) is 32.1 Å². The van der Waals surface area contributed by atoms with Gasteiger partial charge in [0.1, 0.15) is 5.76 Å². The lowest BCUT2D eigenvalue weighted by Gasteiger charge is -2.21. The summed E-state index contributed by atoms with van der Waals surface area (Å²) in [6.45, 7) is 5.16. The van der Waals surface area contributed by atoms with Gasteiger partial charge < -0.3 is 14.1 Å². The van der Waals surface area contributed by atoms with Crippen LogP contribution in [0.1, 0.15) is 40.1 Å². The van der Waals surface area contributed by atoms with E-state index in [4.69, 9.17) is 9.15 Å². The first kappa shape index (κ1) is 18.9. The number of benzene rings is 1. The van der Waals surface area contributed by atoms with Gasteiger partial charge >= 0.3 is 0 Å². The number of aryl methyl sites for hydroxylation is 2. The van der Waals surface area contributed by atoms with E-state index in [1.54, 1.807) is 24.3 Å². The van der Waals surface area contributed by atoms with Crippen molar-refractivity contribution < 1.29 is 18.7 Å². The smallest absolute Gasteiger partial charge is 0.223 e. The second-order valence-corrected chi connectivity index (χ2v) is 6.13. The number of hydrogen-bond donors (Lipinski definition) is 0. The summed E-state index contributed by atoms with van der Waals surface area (Å²) in [5, 5.41) is 0. The molecule has 1 aromatic carbocycles. The first-order valence-electron chi connectivity index (χ1n) is 8.41. The number of Topliss-reactive ketones (excluding diaryl/α,β-unsaturated/α-hetero) is 1. The number of carbonyl (C=O) groups is 2. The number of methoxy groups -OCH3 is 1. The molecule has 0 aliphatic carbocycles. The first-order valence-corrected chi connectivity index (χ1v) is 8.41. The topological polar surface area (TPSA) is 59.8 Å².